The highest BCUT2D eigenvalue weighted by Crippen LogP contribution is 2.17. The Bertz CT molecular complexity index is 647. The first-order chi connectivity index (χ1) is 12.5. The monoisotopic (exact) mass is 360 g/mol. The van der Waals surface area contributed by atoms with Gasteiger partial charge in [-0.1, -0.05) is 0 Å². The second-order valence-electron chi connectivity index (χ2n) is 6.19. The molecule has 7 heteroatoms. The van der Waals surface area contributed by atoms with Crippen LogP contribution in [0, 0.1) is 11.3 Å². The number of amides is 1. The third-order valence-corrected chi connectivity index (χ3v) is 4.12. The summed E-state index contributed by atoms with van der Waals surface area (Å²) in [5.41, 5.74) is 0.341. The maximum atomic E-state index is 12.2. The van der Waals surface area contributed by atoms with Crippen molar-refractivity contribution < 1.29 is 23.8 Å². The number of carbonyl (C=O) groups excluding carboxylic acids is 2. The lowest BCUT2D eigenvalue weighted by Gasteiger charge is -2.20. The molecule has 0 N–H and O–H groups in total. The summed E-state index contributed by atoms with van der Waals surface area (Å²) in [6.07, 6.45) is 1.50. The van der Waals surface area contributed by atoms with E-state index in [0.29, 0.717) is 24.5 Å². The Balaban J connectivity index is 1.82. The minimum atomic E-state index is -0.915. The van der Waals surface area contributed by atoms with E-state index in [-0.39, 0.29) is 18.4 Å². The lowest BCUT2D eigenvalue weighted by atomic mass is 10.2. The van der Waals surface area contributed by atoms with E-state index >= 15 is 0 Å². The third kappa shape index (κ3) is 5.74. The summed E-state index contributed by atoms with van der Waals surface area (Å²) in [6.45, 7) is 3.09. The molecule has 1 aliphatic heterocycles. The minimum Gasteiger partial charge on any atom is -0.491 e. The van der Waals surface area contributed by atoms with E-state index in [1.54, 1.807) is 31.3 Å². The average Bonchev–Trinajstić information content (AvgIpc) is 3.17. The highest BCUT2D eigenvalue weighted by Gasteiger charge is 2.22. The lowest BCUT2D eigenvalue weighted by molar-refractivity contribution is -0.138. The number of nitrogens with zero attached hydrogens (tertiary/aromatic N) is 2. The molecule has 1 amide bonds. The van der Waals surface area contributed by atoms with Crippen molar-refractivity contribution >= 4 is 11.9 Å². The van der Waals surface area contributed by atoms with Crippen LogP contribution in [-0.4, -0.2) is 55.8 Å². The minimum absolute atomic E-state index is 0.129. The van der Waals surface area contributed by atoms with Crippen molar-refractivity contribution in [2.45, 2.75) is 38.4 Å². The maximum Gasteiger partial charge on any atom is 0.338 e. The molecule has 0 saturated carbocycles. The van der Waals surface area contributed by atoms with Gasteiger partial charge in [0.05, 0.1) is 24.2 Å². The molecule has 0 aromatic heterocycles. The number of nitriles is 1. The molecule has 1 aromatic carbocycles. The Morgan fingerprint density at radius 3 is 2.73 bits per heavy atom. The van der Waals surface area contributed by atoms with Crippen LogP contribution in [0.15, 0.2) is 24.3 Å². The maximum absolute atomic E-state index is 12.2. The molecular formula is C19H24N2O5. The zero-order chi connectivity index (χ0) is 18.9. The standard InChI is InChI=1S/C19H24N2O5/c1-14(18(22)21(2)11-4-10-20)26-19(23)15-6-8-16(9-7-15)25-13-17-5-3-12-24-17/h6-9,14,17H,3-5,11-13H2,1-2H3/t14-,17-/m0/s1. The van der Waals surface area contributed by atoms with Gasteiger partial charge in [0.1, 0.15) is 12.4 Å². The van der Waals surface area contributed by atoms with Crippen LogP contribution >= 0.6 is 0 Å². The van der Waals surface area contributed by atoms with E-state index in [2.05, 4.69) is 0 Å². The summed E-state index contributed by atoms with van der Waals surface area (Å²) in [6, 6.07) is 8.56. The summed E-state index contributed by atoms with van der Waals surface area (Å²) >= 11 is 0. The third-order valence-electron chi connectivity index (χ3n) is 4.12. The Labute approximate surface area is 153 Å². The quantitative estimate of drug-likeness (QED) is 0.660. The average molecular weight is 360 g/mol. The van der Waals surface area contributed by atoms with Gasteiger partial charge in [-0.25, -0.2) is 4.79 Å². The van der Waals surface area contributed by atoms with Gasteiger partial charge in [0.25, 0.3) is 5.91 Å². The fourth-order valence-electron chi connectivity index (χ4n) is 2.57. The van der Waals surface area contributed by atoms with Gasteiger partial charge in [0, 0.05) is 20.2 Å². The number of hydrogen-bond acceptors (Lipinski definition) is 6. The molecule has 140 valence electrons. The van der Waals surface area contributed by atoms with Crippen LogP contribution in [0.25, 0.3) is 0 Å². The molecule has 0 aliphatic carbocycles. The van der Waals surface area contributed by atoms with Crippen molar-refractivity contribution in [2.75, 3.05) is 26.8 Å². The van der Waals surface area contributed by atoms with E-state index in [1.165, 1.54) is 11.8 Å². The molecule has 2 rings (SSSR count). The molecule has 1 saturated heterocycles. The van der Waals surface area contributed by atoms with Crippen LogP contribution in [0.1, 0.15) is 36.5 Å². The van der Waals surface area contributed by atoms with Crippen molar-refractivity contribution in [3.05, 3.63) is 29.8 Å². The van der Waals surface area contributed by atoms with Gasteiger partial charge in [-0.3, -0.25) is 4.79 Å². The van der Waals surface area contributed by atoms with Gasteiger partial charge in [0.2, 0.25) is 0 Å². The van der Waals surface area contributed by atoms with E-state index in [9.17, 15) is 9.59 Å². The molecule has 0 unspecified atom stereocenters. The zero-order valence-corrected chi connectivity index (χ0v) is 15.1. The summed E-state index contributed by atoms with van der Waals surface area (Å²) in [4.78, 5) is 25.6. The molecule has 0 radical (unpaired) electrons. The van der Waals surface area contributed by atoms with Crippen LogP contribution < -0.4 is 4.74 Å². The summed E-state index contributed by atoms with van der Waals surface area (Å²) in [5, 5.41) is 8.56. The predicted octanol–water partition coefficient (Wildman–Crippen LogP) is 2.16. The first-order valence-corrected chi connectivity index (χ1v) is 8.68. The summed E-state index contributed by atoms with van der Waals surface area (Å²) < 4.78 is 16.3. The van der Waals surface area contributed by atoms with E-state index in [1.807, 2.05) is 6.07 Å². The second-order valence-corrected chi connectivity index (χ2v) is 6.19. The number of benzene rings is 1. The Morgan fingerprint density at radius 2 is 2.12 bits per heavy atom. The van der Waals surface area contributed by atoms with Crippen molar-refractivity contribution in [3.63, 3.8) is 0 Å². The van der Waals surface area contributed by atoms with Crippen molar-refractivity contribution in [1.82, 2.24) is 4.90 Å². The number of carbonyl (C=O) groups is 2. The smallest absolute Gasteiger partial charge is 0.338 e. The topological polar surface area (TPSA) is 88.9 Å². The van der Waals surface area contributed by atoms with Gasteiger partial charge in [0.15, 0.2) is 6.10 Å². The van der Waals surface area contributed by atoms with E-state index in [0.717, 1.165) is 19.4 Å². The fraction of sp³-hybridized carbons (Fsp3) is 0.526. The SMILES string of the molecule is C[C@H](OC(=O)c1ccc(OC[C@@H]2CCCO2)cc1)C(=O)N(C)CCC#N. The molecule has 1 heterocycles. The molecule has 0 bridgehead atoms. The van der Waals surface area contributed by atoms with Gasteiger partial charge in [-0.15, -0.1) is 0 Å². The number of esters is 1. The largest absolute Gasteiger partial charge is 0.491 e. The van der Waals surface area contributed by atoms with Crippen LogP contribution in [0.3, 0.4) is 0 Å². The number of rotatable bonds is 8. The molecule has 0 spiro atoms. The molecular weight excluding hydrogens is 336 g/mol. The second kappa shape index (κ2) is 9.78. The van der Waals surface area contributed by atoms with Crippen molar-refractivity contribution in [2.24, 2.45) is 0 Å². The van der Waals surface area contributed by atoms with Gasteiger partial charge in [-0.05, 0) is 44.0 Å². The molecule has 2 atom stereocenters. The summed E-state index contributed by atoms with van der Waals surface area (Å²) in [5.74, 6) is -0.271. The Morgan fingerprint density at radius 1 is 1.38 bits per heavy atom. The fourth-order valence-corrected chi connectivity index (χ4v) is 2.57. The van der Waals surface area contributed by atoms with Crippen LogP contribution in [-0.2, 0) is 14.3 Å². The normalized spacial score (nSPS) is 17.2. The zero-order valence-electron chi connectivity index (χ0n) is 15.1. The summed E-state index contributed by atoms with van der Waals surface area (Å²) in [7, 11) is 1.57. The lowest BCUT2D eigenvalue weighted by Crippen LogP contribution is -2.37. The Kier molecular flexibility index (Phi) is 7.42. The van der Waals surface area contributed by atoms with Gasteiger partial charge < -0.3 is 19.1 Å². The molecule has 7 nitrogen and oxygen atoms in total. The molecule has 26 heavy (non-hydrogen) atoms. The van der Waals surface area contributed by atoms with Gasteiger partial charge >= 0.3 is 5.97 Å². The van der Waals surface area contributed by atoms with Crippen molar-refractivity contribution in [3.8, 4) is 11.8 Å². The van der Waals surface area contributed by atoms with Gasteiger partial charge in [-0.2, -0.15) is 5.26 Å². The molecule has 1 fully saturated rings. The highest BCUT2D eigenvalue weighted by atomic mass is 16.5. The highest BCUT2D eigenvalue weighted by molar-refractivity contribution is 5.92. The number of ether oxygens (including phenoxy) is 3. The van der Waals surface area contributed by atoms with Crippen LogP contribution in [0.5, 0.6) is 5.75 Å². The van der Waals surface area contributed by atoms with Crippen molar-refractivity contribution in [1.29, 1.82) is 5.26 Å². The number of likely N-dealkylation sites (N-methyl/N-ethyl adjacent to an activating group) is 1. The molecule has 1 aromatic rings. The number of hydrogen-bond donors (Lipinski definition) is 0. The van der Waals surface area contributed by atoms with Crippen LogP contribution in [0.4, 0.5) is 0 Å². The van der Waals surface area contributed by atoms with Crippen LogP contribution in [0.2, 0.25) is 0 Å². The molecule has 1 aliphatic rings. The first-order valence-electron chi connectivity index (χ1n) is 8.68. The van der Waals surface area contributed by atoms with E-state index in [4.69, 9.17) is 19.5 Å². The van der Waals surface area contributed by atoms with E-state index < -0.39 is 12.1 Å². The first kappa shape index (κ1) is 19.7. The predicted molar refractivity (Wildman–Crippen MR) is 93.7 cm³/mol. The Hall–Kier alpha value is -2.59.